The molecule has 4 aromatic carbocycles. The maximum absolute atomic E-state index is 13.8. The third-order valence-corrected chi connectivity index (χ3v) is 7.83. The molecule has 1 aromatic heterocycles. The number of para-hydroxylation sites is 3. The van der Waals surface area contributed by atoms with E-state index in [1.807, 2.05) is 105 Å². The van der Waals surface area contributed by atoms with E-state index in [4.69, 9.17) is 14.2 Å². The summed E-state index contributed by atoms with van der Waals surface area (Å²) in [6.07, 6.45) is 3.62. The lowest BCUT2D eigenvalue weighted by atomic mass is 10.1. The van der Waals surface area contributed by atoms with Gasteiger partial charge in [0.2, 0.25) is 0 Å². The lowest BCUT2D eigenvalue weighted by Gasteiger charge is -2.33. The van der Waals surface area contributed by atoms with Gasteiger partial charge >= 0.3 is 5.97 Å². The minimum Gasteiger partial charge on any atom is -0.490 e. The summed E-state index contributed by atoms with van der Waals surface area (Å²) in [6.45, 7) is 3.27. The van der Waals surface area contributed by atoms with Crippen molar-refractivity contribution in [1.29, 1.82) is 0 Å². The van der Waals surface area contributed by atoms with Crippen molar-refractivity contribution >= 4 is 28.5 Å². The Kier molecular flexibility index (Phi) is 8.46. The summed E-state index contributed by atoms with van der Waals surface area (Å²) in [5.41, 5.74) is 5.20. The molecule has 1 aliphatic rings. The van der Waals surface area contributed by atoms with Gasteiger partial charge in [-0.15, -0.1) is 0 Å². The van der Waals surface area contributed by atoms with Crippen LogP contribution in [0.4, 0.5) is 5.69 Å². The van der Waals surface area contributed by atoms with Gasteiger partial charge in [-0.05, 0) is 66.9 Å². The molecule has 7 nitrogen and oxygen atoms in total. The fourth-order valence-corrected chi connectivity index (χ4v) is 5.60. The first-order valence-electron chi connectivity index (χ1n) is 14.7. The van der Waals surface area contributed by atoms with E-state index in [9.17, 15) is 9.59 Å². The van der Waals surface area contributed by atoms with Gasteiger partial charge in [-0.2, -0.15) is 0 Å². The minimum absolute atomic E-state index is 0.108. The van der Waals surface area contributed by atoms with Gasteiger partial charge in [0.05, 0.1) is 17.7 Å². The first-order valence-corrected chi connectivity index (χ1v) is 14.7. The van der Waals surface area contributed by atoms with E-state index in [1.165, 1.54) is 6.08 Å². The molecule has 0 amide bonds. The molecule has 0 saturated heterocycles. The van der Waals surface area contributed by atoms with Crippen LogP contribution in [0.1, 0.15) is 27.2 Å². The molecule has 222 valence electrons. The highest BCUT2D eigenvalue weighted by molar-refractivity contribution is 6.04. The number of ether oxygens (including phenoxy) is 3. The summed E-state index contributed by atoms with van der Waals surface area (Å²) in [5, 5.41) is 0.972. The van der Waals surface area contributed by atoms with Gasteiger partial charge in [0.15, 0.2) is 0 Å². The predicted molar refractivity (Wildman–Crippen MR) is 172 cm³/mol. The van der Waals surface area contributed by atoms with Crippen LogP contribution in [0.3, 0.4) is 0 Å². The summed E-state index contributed by atoms with van der Waals surface area (Å²) in [7, 11) is 2.05. The van der Waals surface area contributed by atoms with E-state index < -0.39 is 5.97 Å². The van der Waals surface area contributed by atoms with E-state index >= 15 is 0 Å². The van der Waals surface area contributed by atoms with Crippen LogP contribution >= 0.6 is 0 Å². The van der Waals surface area contributed by atoms with Gasteiger partial charge in [0.1, 0.15) is 30.8 Å². The van der Waals surface area contributed by atoms with Gasteiger partial charge in [-0.25, -0.2) is 4.79 Å². The molecule has 0 spiro atoms. The molecule has 1 aliphatic heterocycles. The van der Waals surface area contributed by atoms with Crippen LogP contribution in [0.5, 0.6) is 11.5 Å². The first-order chi connectivity index (χ1) is 21.5. The number of allylic oxidation sites excluding steroid dienone is 1. The fourth-order valence-electron chi connectivity index (χ4n) is 5.60. The van der Waals surface area contributed by atoms with Crippen LogP contribution in [-0.2, 0) is 22.6 Å². The number of anilines is 1. The zero-order chi connectivity index (χ0) is 30.5. The van der Waals surface area contributed by atoms with Crippen molar-refractivity contribution < 1.29 is 23.8 Å². The molecule has 0 bridgehead atoms. The zero-order valence-electron chi connectivity index (χ0n) is 24.8. The highest BCUT2D eigenvalue weighted by atomic mass is 16.5. The monoisotopic (exact) mass is 586 g/mol. The van der Waals surface area contributed by atoms with Crippen LogP contribution in [0.15, 0.2) is 115 Å². The standard InChI is InChI=1S/C37H34N2O5/c1-26-31(14-10-18-36(40)43-24-27-11-4-3-5-12-27)32-13-6-7-15-33(32)39(26)37(41)28-19-21-29(22-20-28)42-25-30-23-38(2)34-16-8-9-17-35(34)44-30/h3-13,15-22,30H,14,23-25H2,1-2H3/b18-10+/t30-/m0/s1. The zero-order valence-corrected chi connectivity index (χ0v) is 24.8. The van der Waals surface area contributed by atoms with Crippen molar-refractivity contribution in [3.8, 4) is 11.5 Å². The molecular weight excluding hydrogens is 552 g/mol. The Hall–Kier alpha value is -5.30. The number of esters is 1. The smallest absolute Gasteiger partial charge is 0.330 e. The second-order valence-corrected chi connectivity index (χ2v) is 10.8. The molecule has 5 aromatic rings. The average Bonchev–Trinajstić information content (AvgIpc) is 3.34. The Labute approximate surface area is 256 Å². The largest absolute Gasteiger partial charge is 0.490 e. The van der Waals surface area contributed by atoms with Crippen molar-refractivity contribution in [3.05, 3.63) is 138 Å². The number of hydrogen-bond donors (Lipinski definition) is 0. The quantitative estimate of drug-likeness (QED) is 0.141. The molecule has 0 N–H and O–H groups in total. The number of hydrogen-bond acceptors (Lipinski definition) is 6. The average molecular weight is 587 g/mol. The van der Waals surface area contributed by atoms with Gasteiger partial charge in [0.25, 0.3) is 5.91 Å². The number of fused-ring (bicyclic) bond motifs is 2. The summed E-state index contributed by atoms with van der Waals surface area (Å²) in [5.74, 6) is 0.991. The molecular formula is C37H34N2O5. The molecule has 0 fully saturated rings. The highest BCUT2D eigenvalue weighted by Gasteiger charge is 2.24. The summed E-state index contributed by atoms with van der Waals surface area (Å²) < 4.78 is 19.3. The van der Waals surface area contributed by atoms with Crippen molar-refractivity contribution in [2.45, 2.75) is 26.1 Å². The van der Waals surface area contributed by atoms with E-state index in [-0.39, 0.29) is 18.6 Å². The molecule has 0 unspecified atom stereocenters. The second kappa shape index (κ2) is 12.9. The van der Waals surface area contributed by atoms with Crippen LogP contribution < -0.4 is 14.4 Å². The topological polar surface area (TPSA) is 70.0 Å². The molecule has 0 saturated carbocycles. The molecule has 44 heavy (non-hydrogen) atoms. The van der Waals surface area contributed by atoms with Gasteiger partial charge in [-0.1, -0.05) is 66.7 Å². The predicted octanol–water partition coefficient (Wildman–Crippen LogP) is 6.76. The van der Waals surface area contributed by atoms with Gasteiger partial charge < -0.3 is 19.1 Å². The molecule has 7 heteroatoms. The third kappa shape index (κ3) is 6.22. The van der Waals surface area contributed by atoms with Crippen LogP contribution in [0, 0.1) is 6.92 Å². The Morgan fingerprint density at radius 3 is 2.45 bits per heavy atom. The van der Waals surface area contributed by atoms with E-state index in [1.54, 1.807) is 22.8 Å². The lowest BCUT2D eigenvalue weighted by Crippen LogP contribution is -2.41. The van der Waals surface area contributed by atoms with Gasteiger partial charge in [0, 0.05) is 29.8 Å². The molecule has 0 aliphatic carbocycles. The maximum atomic E-state index is 13.8. The number of benzene rings is 4. The van der Waals surface area contributed by atoms with E-state index in [0.29, 0.717) is 24.3 Å². The maximum Gasteiger partial charge on any atom is 0.330 e. The molecule has 0 radical (unpaired) electrons. The Bertz CT molecular complexity index is 1810. The number of rotatable bonds is 9. The summed E-state index contributed by atoms with van der Waals surface area (Å²) in [4.78, 5) is 28.2. The molecule has 2 heterocycles. The SMILES string of the molecule is Cc1c(C/C=C/C(=O)OCc2ccccc2)c2ccccc2n1C(=O)c1ccc(OC[C@@H]2CN(C)c3ccccc3O2)cc1. The van der Waals surface area contributed by atoms with E-state index in [2.05, 4.69) is 4.90 Å². The van der Waals surface area contributed by atoms with E-state index in [0.717, 1.165) is 45.7 Å². The fraction of sp³-hybridized carbons (Fsp3) is 0.189. The normalized spacial score (nSPS) is 14.3. The van der Waals surface area contributed by atoms with Crippen LogP contribution in [0.25, 0.3) is 10.9 Å². The first kappa shape index (κ1) is 28.8. The van der Waals surface area contributed by atoms with Crippen molar-refractivity contribution in [2.24, 2.45) is 0 Å². The number of likely N-dealkylation sites (N-methyl/N-ethyl adjacent to an activating group) is 1. The van der Waals surface area contributed by atoms with Crippen LogP contribution in [-0.4, -0.2) is 42.7 Å². The Morgan fingerprint density at radius 2 is 1.64 bits per heavy atom. The molecule has 1 atom stereocenters. The van der Waals surface area contributed by atoms with Crippen molar-refractivity contribution in [3.63, 3.8) is 0 Å². The minimum atomic E-state index is -0.402. The number of carbonyl (C=O) groups excluding carboxylic acids is 2. The molecule has 6 rings (SSSR count). The highest BCUT2D eigenvalue weighted by Crippen LogP contribution is 2.32. The third-order valence-electron chi connectivity index (χ3n) is 7.83. The number of nitrogens with zero attached hydrogens (tertiary/aromatic N) is 2. The Morgan fingerprint density at radius 1 is 0.909 bits per heavy atom. The van der Waals surface area contributed by atoms with Crippen molar-refractivity contribution in [1.82, 2.24) is 4.57 Å². The second-order valence-electron chi connectivity index (χ2n) is 10.8. The Balaban J connectivity index is 1.12. The number of aromatic nitrogens is 1. The van der Waals surface area contributed by atoms with Gasteiger partial charge in [-0.3, -0.25) is 9.36 Å². The van der Waals surface area contributed by atoms with Crippen molar-refractivity contribution in [2.75, 3.05) is 25.1 Å². The summed E-state index contributed by atoms with van der Waals surface area (Å²) >= 11 is 0. The lowest BCUT2D eigenvalue weighted by molar-refractivity contribution is -0.139. The summed E-state index contributed by atoms with van der Waals surface area (Å²) in [6, 6.07) is 32.6. The van der Waals surface area contributed by atoms with Crippen LogP contribution in [0.2, 0.25) is 0 Å². The number of carbonyl (C=O) groups is 2.